The van der Waals surface area contributed by atoms with Crippen molar-refractivity contribution in [2.45, 2.75) is 19.6 Å². The molecule has 1 unspecified atom stereocenters. The van der Waals surface area contributed by atoms with Gasteiger partial charge >= 0.3 is 0 Å². The van der Waals surface area contributed by atoms with E-state index in [1.165, 1.54) is 0 Å². The smallest absolute Gasteiger partial charge is 0.191 e. The Morgan fingerprint density at radius 1 is 1.00 bits per heavy atom. The molecule has 2 aromatic carbocycles. The number of guanidine groups is 1. The summed E-state index contributed by atoms with van der Waals surface area (Å²) in [5, 5.41) is 11.2. The van der Waals surface area contributed by atoms with Gasteiger partial charge in [-0.25, -0.2) is 4.68 Å². The Balaban J connectivity index is 1.47. The summed E-state index contributed by atoms with van der Waals surface area (Å²) in [4.78, 5) is 4.26. The molecular weight excluding hydrogens is 394 g/mol. The van der Waals surface area contributed by atoms with Crippen molar-refractivity contribution in [3.05, 3.63) is 66.5 Å². The van der Waals surface area contributed by atoms with Crippen molar-refractivity contribution < 1.29 is 14.2 Å². The number of rotatable bonds is 9. The second-order valence-electron chi connectivity index (χ2n) is 6.86. The highest BCUT2D eigenvalue weighted by Crippen LogP contribution is 2.19. The van der Waals surface area contributed by atoms with Crippen LogP contribution in [0.15, 0.2) is 65.8 Å². The first-order chi connectivity index (χ1) is 15.1. The van der Waals surface area contributed by atoms with Crippen molar-refractivity contribution in [3.8, 4) is 22.9 Å². The topological polar surface area (TPSA) is 81.9 Å². The third-order valence-corrected chi connectivity index (χ3v) is 4.58. The molecule has 1 heterocycles. The lowest BCUT2D eigenvalue weighted by molar-refractivity contribution is 0.223. The van der Waals surface area contributed by atoms with Crippen LogP contribution in [0.2, 0.25) is 0 Å². The number of methoxy groups -OCH3 is 2. The van der Waals surface area contributed by atoms with Gasteiger partial charge in [0.05, 0.1) is 38.7 Å². The predicted molar refractivity (Wildman–Crippen MR) is 121 cm³/mol. The second-order valence-corrected chi connectivity index (χ2v) is 6.86. The second kappa shape index (κ2) is 10.9. The maximum atomic E-state index is 5.93. The van der Waals surface area contributed by atoms with E-state index in [9.17, 15) is 0 Å². The highest BCUT2D eigenvalue weighted by molar-refractivity contribution is 5.79. The molecule has 31 heavy (non-hydrogen) atoms. The quantitative estimate of drug-likeness (QED) is 0.407. The minimum Gasteiger partial charge on any atom is -0.497 e. The average molecular weight is 424 g/mol. The van der Waals surface area contributed by atoms with Gasteiger partial charge in [0.1, 0.15) is 23.4 Å². The zero-order valence-electron chi connectivity index (χ0n) is 18.3. The SMILES string of the molecule is CN=C(NCc1ccn(-c2ccc(OC)cc2)n1)NCC(C)Oc1cccc(OC)c1. The van der Waals surface area contributed by atoms with Crippen LogP contribution in [0.1, 0.15) is 12.6 Å². The van der Waals surface area contributed by atoms with Gasteiger partial charge in [-0.1, -0.05) is 6.07 Å². The van der Waals surface area contributed by atoms with E-state index < -0.39 is 0 Å². The van der Waals surface area contributed by atoms with Crippen molar-refractivity contribution in [2.75, 3.05) is 27.8 Å². The normalized spacial score (nSPS) is 12.2. The van der Waals surface area contributed by atoms with Gasteiger partial charge in [-0.05, 0) is 49.4 Å². The standard InChI is InChI=1S/C23H29N5O3/c1-17(31-22-7-5-6-21(14-22)30-4)15-25-23(24-2)26-16-18-12-13-28(27-18)19-8-10-20(29-3)11-9-19/h5-14,17H,15-16H2,1-4H3,(H2,24,25,26). The van der Waals surface area contributed by atoms with Gasteiger partial charge < -0.3 is 24.8 Å². The van der Waals surface area contributed by atoms with E-state index in [4.69, 9.17) is 14.2 Å². The summed E-state index contributed by atoms with van der Waals surface area (Å²) in [6.07, 6.45) is 1.87. The summed E-state index contributed by atoms with van der Waals surface area (Å²) in [7, 11) is 5.03. The molecule has 3 aromatic rings. The Labute approximate surface area is 182 Å². The molecule has 0 aliphatic carbocycles. The molecule has 0 aliphatic rings. The maximum absolute atomic E-state index is 5.93. The third-order valence-electron chi connectivity index (χ3n) is 4.58. The molecular formula is C23H29N5O3. The van der Waals surface area contributed by atoms with Gasteiger partial charge in [0, 0.05) is 19.3 Å². The summed E-state index contributed by atoms with van der Waals surface area (Å²) < 4.78 is 18.2. The minimum atomic E-state index is -0.0556. The first-order valence-electron chi connectivity index (χ1n) is 10.1. The predicted octanol–water partition coefficient (Wildman–Crippen LogP) is 3.02. The molecule has 0 aliphatic heterocycles. The zero-order chi connectivity index (χ0) is 22.1. The number of nitrogens with zero attached hydrogens (tertiary/aromatic N) is 3. The van der Waals surface area contributed by atoms with E-state index in [0.29, 0.717) is 19.0 Å². The van der Waals surface area contributed by atoms with Crippen LogP contribution in [0.25, 0.3) is 5.69 Å². The van der Waals surface area contributed by atoms with Gasteiger partial charge in [-0.2, -0.15) is 5.10 Å². The van der Waals surface area contributed by atoms with E-state index in [1.54, 1.807) is 21.3 Å². The van der Waals surface area contributed by atoms with Crippen LogP contribution in [-0.2, 0) is 6.54 Å². The average Bonchev–Trinajstić information content (AvgIpc) is 3.28. The van der Waals surface area contributed by atoms with Gasteiger partial charge in [0.25, 0.3) is 0 Å². The number of aromatic nitrogens is 2. The maximum Gasteiger partial charge on any atom is 0.191 e. The van der Waals surface area contributed by atoms with Crippen molar-refractivity contribution in [1.82, 2.24) is 20.4 Å². The number of benzene rings is 2. The summed E-state index contributed by atoms with van der Waals surface area (Å²) in [6.45, 7) is 3.14. The van der Waals surface area contributed by atoms with E-state index in [-0.39, 0.29) is 6.10 Å². The summed E-state index contributed by atoms with van der Waals surface area (Å²) in [5.74, 6) is 3.03. The lowest BCUT2D eigenvalue weighted by Gasteiger charge is -2.18. The van der Waals surface area contributed by atoms with Gasteiger partial charge in [-0.3, -0.25) is 4.99 Å². The fraction of sp³-hybridized carbons (Fsp3) is 0.304. The summed E-state index contributed by atoms with van der Waals surface area (Å²) in [6, 6.07) is 17.3. The first-order valence-corrected chi connectivity index (χ1v) is 10.1. The van der Waals surface area contributed by atoms with Gasteiger partial charge in [0.15, 0.2) is 5.96 Å². The molecule has 0 spiro atoms. The Morgan fingerprint density at radius 3 is 2.45 bits per heavy atom. The highest BCUT2D eigenvalue weighted by atomic mass is 16.5. The van der Waals surface area contributed by atoms with Gasteiger partial charge in [0.2, 0.25) is 0 Å². The Bertz CT molecular complexity index is 985. The van der Waals surface area contributed by atoms with Gasteiger partial charge in [-0.15, -0.1) is 0 Å². The molecule has 1 atom stereocenters. The number of nitrogens with one attached hydrogen (secondary N) is 2. The molecule has 2 N–H and O–H groups in total. The van der Waals surface area contributed by atoms with Crippen LogP contribution in [-0.4, -0.2) is 49.7 Å². The summed E-state index contributed by atoms with van der Waals surface area (Å²) in [5.41, 5.74) is 1.87. The Hall–Kier alpha value is -3.68. The number of aliphatic imine (C=N–C) groups is 1. The Morgan fingerprint density at radius 2 is 1.74 bits per heavy atom. The van der Waals surface area contributed by atoms with Crippen LogP contribution >= 0.6 is 0 Å². The van der Waals surface area contributed by atoms with Crippen LogP contribution in [0.4, 0.5) is 0 Å². The van der Waals surface area contributed by atoms with E-state index in [0.717, 1.165) is 28.6 Å². The zero-order valence-corrected chi connectivity index (χ0v) is 18.3. The molecule has 0 radical (unpaired) electrons. The fourth-order valence-electron chi connectivity index (χ4n) is 2.92. The molecule has 0 fully saturated rings. The van der Waals surface area contributed by atoms with Crippen molar-refractivity contribution in [1.29, 1.82) is 0 Å². The van der Waals surface area contributed by atoms with Crippen LogP contribution in [0, 0.1) is 0 Å². The van der Waals surface area contributed by atoms with E-state index in [2.05, 4.69) is 20.7 Å². The Kier molecular flexibility index (Phi) is 7.75. The monoisotopic (exact) mass is 423 g/mol. The van der Waals surface area contributed by atoms with E-state index in [1.807, 2.05) is 72.4 Å². The molecule has 0 saturated heterocycles. The fourth-order valence-corrected chi connectivity index (χ4v) is 2.92. The number of hydrogen-bond acceptors (Lipinski definition) is 5. The lowest BCUT2D eigenvalue weighted by atomic mass is 10.3. The third kappa shape index (κ3) is 6.40. The van der Waals surface area contributed by atoms with Crippen LogP contribution in [0.5, 0.6) is 17.2 Å². The minimum absolute atomic E-state index is 0.0556. The molecule has 0 amide bonds. The van der Waals surface area contributed by atoms with Crippen molar-refractivity contribution in [3.63, 3.8) is 0 Å². The van der Waals surface area contributed by atoms with Crippen molar-refractivity contribution in [2.24, 2.45) is 4.99 Å². The molecule has 164 valence electrons. The lowest BCUT2D eigenvalue weighted by Crippen LogP contribution is -2.41. The van der Waals surface area contributed by atoms with Crippen LogP contribution < -0.4 is 24.8 Å². The summed E-state index contributed by atoms with van der Waals surface area (Å²) >= 11 is 0. The molecule has 3 rings (SSSR count). The number of ether oxygens (including phenoxy) is 3. The van der Waals surface area contributed by atoms with Crippen molar-refractivity contribution >= 4 is 5.96 Å². The molecule has 0 bridgehead atoms. The first kappa shape index (κ1) is 22.0. The molecule has 8 heteroatoms. The molecule has 0 saturated carbocycles. The van der Waals surface area contributed by atoms with E-state index >= 15 is 0 Å². The molecule has 1 aromatic heterocycles. The highest BCUT2D eigenvalue weighted by Gasteiger charge is 2.08. The largest absolute Gasteiger partial charge is 0.497 e. The molecule has 8 nitrogen and oxygen atoms in total. The van der Waals surface area contributed by atoms with Crippen LogP contribution in [0.3, 0.4) is 0 Å². The number of hydrogen-bond donors (Lipinski definition) is 2.